The van der Waals surface area contributed by atoms with E-state index in [-0.39, 0.29) is 70.6 Å². The maximum Gasteiger partial charge on any atom is 0.287 e. The molecule has 0 spiro atoms. The Labute approximate surface area is 230 Å². The molecule has 0 unspecified atom stereocenters. The van der Waals surface area contributed by atoms with Gasteiger partial charge >= 0.3 is 0 Å². The average molecular weight is 554 g/mol. The number of aromatic hydroxyl groups is 2. The molecule has 12 nitrogen and oxygen atoms in total. The second-order valence-electron chi connectivity index (χ2n) is 10.8. The number of rotatable bonds is 5. The number of methoxy groups -OCH3 is 2. The van der Waals surface area contributed by atoms with Crippen molar-refractivity contribution < 1.29 is 43.7 Å². The maximum atomic E-state index is 13.8. The standard InChI is InChI=1S/C28H31N3O9/c1-10-17-15(33)7-16-28(4)19-18(21(34)11(2)26(40-6)24(19)37)23(36)14(30-28)9-31(16)20(17)13(22(35)25(10)39-5)8-29-27(38)12(3)32/h13-14,16,30,34,37H,7-9H2,1-6H3,(H,29,38)/t13-,14-,16+,28+/m1/s1. The van der Waals surface area contributed by atoms with Gasteiger partial charge in [-0.1, -0.05) is 0 Å². The van der Waals surface area contributed by atoms with Crippen LogP contribution in [0.4, 0.5) is 0 Å². The highest BCUT2D eigenvalue weighted by Gasteiger charge is 2.59. The molecule has 0 aromatic heterocycles. The van der Waals surface area contributed by atoms with Gasteiger partial charge in [0.2, 0.25) is 11.6 Å². The van der Waals surface area contributed by atoms with Gasteiger partial charge in [-0.15, -0.1) is 0 Å². The first-order valence-electron chi connectivity index (χ1n) is 12.9. The van der Waals surface area contributed by atoms with E-state index in [0.29, 0.717) is 11.3 Å². The Morgan fingerprint density at radius 3 is 2.38 bits per heavy atom. The first kappa shape index (κ1) is 27.4. The molecule has 1 aliphatic carbocycles. The van der Waals surface area contributed by atoms with Crippen molar-refractivity contribution in [3.63, 3.8) is 0 Å². The van der Waals surface area contributed by atoms with E-state index in [4.69, 9.17) is 9.47 Å². The van der Waals surface area contributed by atoms with E-state index in [1.54, 1.807) is 13.8 Å². The molecule has 4 aliphatic rings. The topological polar surface area (TPSA) is 172 Å². The van der Waals surface area contributed by atoms with Crippen LogP contribution in [0.15, 0.2) is 22.6 Å². The van der Waals surface area contributed by atoms with Gasteiger partial charge in [-0.05, 0) is 20.8 Å². The van der Waals surface area contributed by atoms with Crippen molar-refractivity contribution in [1.29, 1.82) is 0 Å². The van der Waals surface area contributed by atoms with E-state index < -0.39 is 46.8 Å². The fourth-order valence-electron chi connectivity index (χ4n) is 6.78. The predicted octanol–water partition coefficient (Wildman–Crippen LogP) is 0.520. The second kappa shape index (κ2) is 9.19. The van der Waals surface area contributed by atoms with Crippen molar-refractivity contribution in [2.24, 2.45) is 5.92 Å². The molecule has 40 heavy (non-hydrogen) atoms. The third kappa shape index (κ3) is 3.51. The Kier molecular flexibility index (Phi) is 6.29. The zero-order valence-corrected chi connectivity index (χ0v) is 23.1. The van der Waals surface area contributed by atoms with E-state index in [0.717, 1.165) is 6.92 Å². The Hall–Kier alpha value is -4.19. The molecule has 3 heterocycles. The third-order valence-electron chi connectivity index (χ3n) is 8.62. The molecule has 212 valence electrons. The summed E-state index contributed by atoms with van der Waals surface area (Å²) in [6, 6.07) is -1.56. The minimum atomic E-state index is -1.24. The van der Waals surface area contributed by atoms with Crippen LogP contribution in [0.25, 0.3) is 0 Å². The van der Waals surface area contributed by atoms with Gasteiger partial charge in [-0.2, -0.15) is 0 Å². The molecule has 0 radical (unpaired) electrons. The Morgan fingerprint density at radius 2 is 1.77 bits per heavy atom. The number of phenols is 2. The number of ether oxygens (including phenoxy) is 2. The molecule has 4 atom stereocenters. The van der Waals surface area contributed by atoms with Crippen LogP contribution < -0.4 is 15.4 Å². The van der Waals surface area contributed by atoms with Crippen molar-refractivity contribution >= 4 is 29.0 Å². The molecule has 4 N–H and O–H groups in total. The summed E-state index contributed by atoms with van der Waals surface area (Å²) < 4.78 is 10.7. The number of Topliss-reactive ketones (excluding diaryl/α,β-unsaturated/α-hetero) is 4. The van der Waals surface area contributed by atoms with Crippen LogP contribution in [0.5, 0.6) is 17.2 Å². The lowest BCUT2D eigenvalue weighted by molar-refractivity contribution is -0.137. The number of amides is 1. The maximum absolute atomic E-state index is 13.8. The van der Waals surface area contributed by atoms with E-state index in [2.05, 4.69) is 10.6 Å². The molecule has 1 aromatic carbocycles. The molecule has 2 bridgehead atoms. The van der Waals surface area contributed by atoms with Crippen molar-refractivity contribution in [1.82, 2.24) is 15.5 Å². The van der Waals surface area contributed by atoms with Gasteiger partial charge in [0, 0.05) is 54.4 Å². The van der Waals surface area contributed by atoms with Crippen LogP contribution in [0.1, 0.15) is 48.7 Å². The molecular weight excluding hydrogens is 522 g/mol. The van der Waals surface area contributed by atoms with Crippen molar-refractivity contribution in [2.45, 2.75) is 51.7 Å². The van der Waals surface area contributed by atoms with Crippen molar-refractivity contribution in [3.05, 3.63) is 39.3 Å². The van der Waals surface area contributed by atoms with Gasteiger partial charge in [-0.3, -0.25) is 29.3 Å². The summed E-state index contributed by atoms with van der Waals surface area (Å²) in [5.41, 5.74) is -0.0177. The highest BCUT2D eigenvalue weighted by Crippen LogP contribution is 2.54. The molecule has 12 heteroatoms. The minimum absolute atomic E-state index is 0.00543. The molecule has 1 saturated heterocycles. The number of nitrogens with one attached hydrogen (secondary N) is 2. The largest absolute Gasteiger partial charge is 0.507 e. The number of nitrogens with zero attached hydrogens (tertiary/aromatic N) is 1. The molecular formula is C28H31N3O9. The van der Waals surface area contributed by atoms with Crippen LogP contribution in [-0.4, -0.2) is 83.5 Å². The van der Waals surface area contributed by atoms with Crippen LogP contribution in [0.3, 0.4) is 0 Å². The summed E-state index contributed by atoms with van der Waals surface area (Å²) in [4.78, 5) is 66.7. The average Bonchev–Trinajstić information content (AvgIpc) is 2.90. The number of carbonyl (C=O) groups excluding carboxylic acids is 5. The number of piperazine rings is 1. The van der Waals surface area contributed by atoms with Crippen LogP contribution in [0.2, 0.25) is 0 Å². The van der Waals surface area contributed by atoms with Crippen molar-refractivity contribution in [2.75, 3.05) is 27.3 Å². The summed E-state index contributed by atoms with van der Waals surface area (Å²) in [6.45, 7) is 5.76. The number of ketones is 4. The third-order valence-corrected chi connectivity index (χ3v) is 8.62. The van der Waals surface area contributed by atoms with Gasteiger partial charge in [0.1, 0.15) is 5.75 Å². The molecule has 1 amide bonds. The van der Waals surface area contributed by atoms with Gasteiger partial charge < -0.3 is 29.9 Å². The van der Waals surface area contributed by atoms with Crippen LogP contribution in [-0.2, 0) is 29.5 Å². The van der Waals surface area contributed by atoms with Gasteiger partial charge in [-0.25, -0.2) is 0 Å². The monoisotopic (exact) mass is 553 g/mol. The van der Waals surface area contributed by atoms with Crippen LogP contribution in [0, 0.1) is 12.8 Å². The van der Waals surface area contributed by atoms with E-state index in [9.17, 15) is 34.2 Å². The highest BCUT2D eigenvalue weighted by molar-refractivity contribution is 6.35. The van der Waals surface area contributed by atoms with E-state index >= 15 is 0 Å². The predicted molar refractivity (Wildman–Crippen MR) is 139 cm³/mol. The van der Waals surface area contributed by atoms with Crippen LogP contribution >= 0.6 is 0 Å². The Bertz CT molecular complexity index is 1490. The lowest BCUT2D eigenvalue weighted by atomic mass is 9.66. The lowest BCUT2D eigenvalue weighted by Crippen LogP contribution is -2.73. The minimum Gasteiger partial charge on any atom is -0.507 e. The van der Waals surface area contributed by atoms with Gasteiger partial charge in [0.25, 0.3) is 5.91 Å². The number of allylic oxidation sites excluding steroid dienone is 3. The molecule has 1 fully saturated rings. The smallest absolute Gasteiger partial charge is 0.287 e. The zero-order valence-electron chi connectivity index (χ0n) is 23.1. The van der Waals surface area contributed by atoms with Gasteiger partial charge in [0.15, 0.2) is 28.8 Å². The number of fused-ring (bicyclic) bond motifs is 7. The summed E-state index contributed by atoms with van der Waals surface area (Å²) in [6.07, 6.45) is -0.0475. The highest BCUT2D eigenvalue weighted by atomic mass is 16.5. The number of carbonyl (C=O) groups is 5. The Balaban J connectivity index is 1.72. The quantitative estimate of drug-likeness (QED) is 0.296. The fraction of sp³-hybridized carbons (Fsp3) is 0.464. The second-order valence-corrected chi connectivity index (χ2v) is 10.8. The van der Waals surface area contributed by atoms with Gasteiger partial charge in [0.05, 0.1) is 43.3 Å². The molecule has 0 saturated carbocycles. The summed E-state index contributed by atoms with van der Waals surface area (Å²) in [7, 11) is 2.65. The molecule has 1 aromatic rings. The van der Waals surface area contributed by atoms with E-state index in [1.165, 1.54) is 21.1 Å². The SMILES string of the molecule is COC1=C(C)C2=C([C@@H](CNC(=O)C(C)=O)C1=O)N1C[C@H]3N[C@](C)(c4c(O)c(OC)c(C)c(O)c4C3=O)[C@@H]1CC2=O. The summed E-state index contributed by atoms with van der Waals surface area (Å²) in [5, 5.41) is 28.1. The summed E-state index contributed by atoms with van der Waals surface area (Å²) >= 11 is 0. The molecule has 3 aliphatic heterocycles. The first-order chi connectivity index (χ1) is 18.8. The number of phenolic OH excluding ortho intramolecular Hbond substituents is 2. The number of hydrogen-bond donors (Lipinski definition) is 4. The van der Waals surface area contributed by atoms with Crippen molar-refractivity contribution in [3.8, 4) is 17.2 Å². The molecule has 5 rings (SSSR count). The number of hydrogen-bond acceptors (Lipinski definition) is 11. The Morgan fingerprint density at radius 1 is 1.10 bits per heavy atom. The zero-order chi connectivity index (χ0) is 29.4. The van der Waals surface area contributed by atoms with E-state index in [1.807, 2.05) is 4.90 Å². The normalized spacial score (nSPS) is 27.2. The first-order valence-corrected chi connectivity index (χ1v) is 12.9. The fourth-order valence-corrected chi connectivity index (χ4v) is 6.78. The number of benzene rings is 1. The lowest BCUT2D eigenvalue weighted by Gasteiger charge is -2.58. The summed E-state index contributed by atoms with van der Waals surface area (Å²) in [5.74, 6) is -4.56.